The minimum absolute atomic E-state index is 0.406. The maximum atomic E-state index is 5.98. The van der Waals surface area contributed by atoms with Crippen LogP contribution in [0.5, 0.6) is 0 Å². The molecule has 2 aromatic rings. The number of anilines is 2. The van der Waals surface area contributed by atoms with Crippen molar-refractivity contribution in [1.82, 2.24) is 4.98 Å². The number of hydrogen-bond donors (Lipinski definition) is 1. The number of aryl methyl sites for hydroxylation is 1. The van der Waals surface area contributed by atoms with E-state index in [1.807, 2.05) is 24.5 Å². The molecule has 20 heavy (non-hydrogen) atoms. The van der Waals surface area contributed by atoms with Gasteiger partial charge < -0.3 is 10.6 Å². The highest BCUT2D eigenvalue weighted by Gasteiger charge is 2.27. The molecule has 0 aliphatic carbocycles. The van der Waals surface area contributed by atoms with E-state index >= 15 is 0 Å². The van der Waals surface area contributed by atoms with Crippen molar-refractivity contribution in [1.29, 1.82) is 0 Å². The van der Waals surface area contributed by atoms with Crippen molar-refractivity contribution in [3.8, 4) is 0 Å². The molecule has 4 heteroatoms. The van der Waals surface area contributed by atoms with E-state index in [0.29, 0.717) is 6.04 Å². The quantitative estimate of drug-likeness (QED) is 0.843. The van der Waals surface area contributed by atoms with Gasteiger partial charge in [-0.1, -0.05) is 6.07 Å². The molecule has 2 heterocycles. The minimum Gasteiger partial charge on any atom is -0.398 e. The van der Waals surface area contributed by atoms with E-state index in [1.54, 1.807) is 0 Å². The van der Waals surface area contributed by atoms with Gasteiger partial charge in [0.25, 0.3) is 0 Å². The van der Waals surface area contributed by atoms with Gasteiger partial charge in [-0.25, -0.2) is 0 Å². The molecular formula is C16H18BrN3. The van der Waals surface area contributed by atoms with E-state index in [9.17, 15) is 0 Å². The first-order chi connectivity index (χ1) is 9.66. The van der Waals surface area contributed by atoms with Gasteiger partial charge in [-0.05, 0) is 65.0 Å². The van der Waals surface area contributed by atoms with E-state index < -0.39 is 0 Å². The Morgan fingerprint density at radius 3 is 3.00 bits per heavy atom. The van der Waals surface area contributed by atoms with Gasteiger partial charge in [0.15, 0.2) is 0 Å². The molecule has 0 amide bonds. The van der Waals surface area contributed by atoms with E-state index in [2.05, 4.69) is 44.9 Å². The molecule has 1 atom stereocenters. The summed E-state index contributed by atoms with van der Waals surface area (Å²) in [6.45, 7) is 3.13. The van der Waals surface area contributed by atoms with Crippen LogP contribution < -0.4 is 10.6 Å². The Kier molecular flexibility index (Phi) is 3.66. The highest BCUT2D eigenvalue weighted by atomic mass is 79.9. The number of benzene rings is 1. The Bertz CT molecular complexity index is 613. The molecule has 2 N–H and O–H groups in total. The van der Waals surface area contributed by atoms with Gasteiger partial charge in [0.1, 0.15) is 0 Å². The average Bonchev–Trinajstić information content (AvgIpc) is 2.93. The normalized spacial score (nSPS) is 18.5. The summed E-state index contributed by atoms with van der Waals surface area (Å²) in [4.78, 5) is 6.71. The number of pyridine rings is 1. The van der Waals surface area contributed by atoms with Gasteiger partial charge in [0, 0.05) is 29.1 Å². The zero-order valence-electron chi connectivity index (χ0n) is 11.5. The van der Waals surface area contributed by atoms with Crippen molar-refractivity contribution in [2.24, 2.45) is 0 Å². The van der Waals surface area contributed by atoms with Gasteiger partial charge >= 0.3 is 0 Å². The third-order valence-corrected chi connectivity index (χ3v) is 4.60. The number of nitrogen functional groups attached to an aromatic ring is 1. The molecule has 0 saturated carbocycles. The fraction of sp³-hybridized carbons (Fsp3) is 0.312. The Hall–Kier alpha value is -1.55. The second-order valence-corrected chi connectivity index (χ2v) is 6.15. The molecule has 1 fully saturated rings. The molecule has 104 valence electrons. The second kappa shape index (κ2) is 5.44. The van der Waals surface area contributed by atoms with Crippen molar-refractivity contribution < 1.29 is 0 Å². The van der Waals surface area contributed by atoms with Crippen LogP contribution in [-0.2, 0) is 0 Å². The lowest BCUT2D eigenvalue weighted by molar-refractivity contribution is 0.714. The summed E-state index contributed by atoms with van der Waals surface area (Å²) >= 11 is 3.65. The Balaban J connectivity index is 1.99. The molecule has 1 aromatic carbocycles. The van der Waals surface area contributed by atoms with Crippen LogP contribution >= 0.6 is 15.9 Å². The van der Waals surface area contributed by atoms with Crippen molar-refractivity contribution in [3.05, 3.63) is 52.3 Å². The number of nitrogens with two attached hydrogens (primary N) is 1. The summed E-state index contributed by atoms with van der Waals surface area (Å²) in [6, 6.07) is 8.75. The zero-order chi connectivity index (χ0) is 14.1. The van der Waals surface area contributed by atoms with Gasteiger partial charge in [-0.2, -0.15) is 0 Å². The smallest absolute Gasteiger partial charge is 0.0558 e. The van der Waals surface area contributed by atoms with Crippen molar-refractivity contribution in [2.45, 2.75) is 25.8 Å². The summed E-state index contributed by atoms with van der Waals surface area (Å²) < 4.78 is 1.07. The van der Waals surface area contributed by atoms with Crippen LogP contribution in [0.1, 0.15) is 30.0 Å². The molecular weight excluding hydrogens is 314 g/mol. The summed E-state index contributed by atoms with van der Waals surface area (Å²) in [6.07, 6.45) is 6.17. The first kappa shape index (κ1) is 13.4. The van der Waals surface area contributed by atoms with Crippen LogP contribution in [0.15, 0.2) is 41.1 Å². The lowest BCUT2D eigenvalue weighted by Crippen LogP contribution is -2.23. The largest absolute Gasteiger partial charge is 0.398 e. The zero-order valence-corrected chi connectivity index (χ0v) is 13.1. The molecule has 1 saturated heterocycles. The molecule has 1 unspecified atom stereocenters. The van der Waals surface area contributed by atoms with Crippen molar-refractivity contribution in [2.75, 3.05) is 17.2 Å². The van der Waals surface area contributed by atoms with Gasteiger partial charge in [0.2, 0.25) is 0 Å². The molecule has 1 aromatic heterocycles. The van der Waals surface area contributed by atoms with Crippen LogP contribution in [0.3, 0.4) is 0 Å². The Morgan fingerprint density at radius 1 is 1.40 bits per heavy atom. The minimum atomic E-state index is 0.406. The molecule has 0 radical (unpaired) electrons. The first-order valence-electron chi connectivity index (χ1n) is 6.89. The van der Waals surface area contributed by atoms with Gasteiger partial charge in [-0.3, -0.25) is 4.98 Å². The summed E-state index contributed by atoms with van der Waals surface area (Å²) in [5.41, 5.74) is 10.4. The topological polar surface area (TPSA) is 42.2 Å². The lowest BCUT2D eigenvalue weighted by atomic mass is 10.1. The number of halogens is 1. The maximum absolute atomic E-state index is 5.98. The number of aromatic nitrogens is 1. The Labute approximate surface area is 127 Å². The van der Waals surface area contributed by atoms with E-state index in [4.69, 9.17) is 5.73 Å². The van der Waals surface area contributed by atoms with E-state index in [-0.39, 0.29) is 0 Å². The molecule has 1 aliphatic heterocycles. The highest BCUT2D eigenvalue weighted by molar-refractivity contribution is 9.10. The predicted octanol–water partition coefficient (Wildman–Crippen LogP) is 4.08. The van der Waals surface area contributed by atoms with Crippen LogP contribution in [0.2, 0.25) is 0 Å². The third-order valence-electron chi connectivity index (χ3n) is 3.97. The predicted molar refractivity (Wildman–Crippen MR) is 86.8 cm³/mol. The number of nitrogens with zero attached hydrogens (tertiary/aromatic N) is 2. The first-order valence-corrected chi connectivity index (χ1v) is 7.68. The average molecular weight is 332 g/mol. The van der Waals surface area contributed by atoms with Crippen molar-refractivity contribution >= 4 is 27.3 Å². The monoisotopic (exact) mass is 331 g/mol. The second-order valence-electron chi connectivity index (χ2n) is 5.30. The maximum Gasteiger partial charge on any atom is 0.0558 e. The SMILES string of the molecule is Cc1cc(N2CCCC2c2cccnc2)c(Br)cc1N. The third kappa shape index (κ3) is 2.40. The van der Waals surface area contributed by atoms with E-state index in [0.717, 1.165) is 22.3 Å². The highest BCUT2D eigenvalue weighted by Crippen LogP contribution is 2.40. The number of hydrogen-bond acceptors (Lipinski definition) is 3. The fourth-order valence-electron chi connectivity index (χ4n) is 2.88. The Morgan fingerprint density at radius 2 is 2.25 bits per heavy atom. The molecule has 3 rings (SSSR count). The molecule has 0 bridgehead atoms. The standard InChI is InChI=1S/C16H18BrN3/c1-11-8-16(13(17)9-14(11)18)20-7-3-5-15(20)12-4-2-6-19-10-12/h2,4,6,8-10,15H,3,5,7,18H2,1H3. The molecule has 1 aliphatic rings. The summed E-state index contributed by atoms with van der Waals surface area (Å²) in [5.74, 6) is 0. The van der Waals surface area contributed by atoms with Crippen molar-refractivity contribution in [3.63, 3.8) is 0 Å². The van der Waals surface area contributed by atoms with E-state index in [1.165, 1.54) is 24.1 Å². The summed E-state index contributed by atoms with van der Waals surface area (Å²) in [5, 5.41) is 0. The van der Waals surface area contributed by atoms with Crippen LogP contribution in [0.4, 0.5) is 11.4 Å². The fourth-order valence-corrected chi connectivity index (χ4v) is 3.47. The van der Waals surface area contributed by atoms with Gasteiger partial charge in [0.05, 0.1) is 11.7 Å². The molecule has 0 spiro atoms. The molecule has 3 nitrogen and oxygen atoms in total. The number of rotatable bonds is 2. The summed E-state index contributed by atoms with van der Waals surface area (Å²) in [7, 11) is 0. The lowest BCUT2D eigenvalue weighted by Gasteiger charge is -2.28. The van der Waals surface area contributed by atoms with Crippen LogP contribution in [-0.4, -0.2) is 11.5 Å². The van der Waals surface area contributed by atoms with Crippen LogP contribution in [0.25, 0.3) is 0 Å². The van der Waals surface area contributed by atoms with Gasteiger partial charge in [-0.15, -0.1) is 0 Å². The van der Waals surface area contributed by atoms with Crippen LogP contribution in [0, 0.1) is 6.92 Å².